The third kappa shape index (κ3) is 14.3. The van der Waals surface area contributed by atoms with Crippen LogP contribution in [0.2, 0.25) is 0 Å². The Labute approximate surface area is 101 Å². The smallest absolute Gasteiger partial charge is 0.284 e. The van der Waals surface area contributed by atoms with Crippen LogP contribution in [0.25, 0.3) is 0 Å². The molecule has 0 bridgehead atoms. The van der Waals surface area contributed by atoms with E-state index in [1.807, 2.05) is 0 Å². The van der Waals surface area contributed by atoms with Crippen LogP contribution in [-0.2, 0) is 30.1 Å². The lowest BCUT2D eigenvalue weighted by molar-refractivity contribution is 0.270. The molecular weight excluding hydrogens is 280 g/mol. The van der Waals surface area contributed by atoms with E-state index in [0.717, 1.165) is 5.75 Å². The van der Waals surface area contributed by atoms with Gasteiger partial charge in [0.15, 0.2) is 0 Å². The molecular formula is C6H14O7S3. The largest absolute Gasteiger partial charge is 0.397 e. The van der Waals surface area contributed by atoms with Gasteiger partial charge in [-0.1, -0.05) is 0 Å². The van der Waals surface area contributed by atoms with Crippen molar-refractivity contribution in [2.75, 3.05) is 24.7 Å². The van der Waals surface area contributed by atoms with Crippen LogP contribution in [0, 0.1) is 0 Å². The lowest BCUT2D eigenvalue weighted by Crippen LogP contribution is -2.05. The van der Waals surface area contributed by atoms with Gasteiger partial charge in [-0.05, 0) is 24.3 Å². The van der Waals surface area contributed by atoms with Crippen molar-refractivity contribution < 1.29 is 30.1 Å². The standard InChI is InChI=1S/C6H14O7S3/c7-15(8)12-3-1-5-14-6-2-4-13-16(9,10)11/h1-6H2,(H,7,8)(H,9,10,11). The molecule has 0 spiro atoms. The molecule has 1 atom stereocenters. The van der Waals surface area contributed by atoms with Crippen molar-refractivity contribution in [2.45, 2.75) is 12.8 Å². The van der Waals surface area contributed by atoms with Gasteiger partial charge in [0.25, 0.3) is 0 Å². The molecule has 0 heterocycles. The van der Waals surface area contributed by atoms with Crippen LogP contribution >= 0.6 is 11.8 Å². The molecule has 2 N–H and O–H groups in total. The van der Waals surface area contributed by atoms with Gasteiger partial charge in [-0.2, -0.15) is 24.4 Å². The first-order valence-electron chi connectivity index (χ1n) is 4.35. The predicted octanol–water partition coefficient (Wildman–Crippen LogP) is 0.473. The summed E-state index contributed by atoms with van der Waals surface area (Å²) in [5.41, 5.74) is 0. The van der Waals surface area contributed by atoms with E-state index in [9.17, 15) is 12.6 Å². The zero-order chi connectivity index (χ0) is 12.4. The Morgan fingerprint density at radius 2 is 1.75 bits per heavy atom. The van der Waals surface area contributed by atoms with Gasteiger partial charge in [-0.25, -0.2) is 4.18 Å². The molecule has 0 fully saturated rings. The van der Waals surface area contributed by atoms with E-state index in [0.29, 0.717) is 18.6 Å². The maximum Gasteiger partial charge on any atom is 0.397 e. The van der Waals surface area contributed by atoms with Gasteiger partial charge in [0, 0.05) is 0 Å². The van der Waals surface area contributed by atoms with E-state index in [2.05, 4.69) is 8.37 Å². The molecule has 0 rings (SSSR count). The first-order valence-corrected chi connectivity index (χ1v) is 7.90. The van der Waals surface area contributed by atoms with Crippen molar-refractivity contribution in [3.05, 3.63) is 0 Å². The Bertz CT molecular complexity index is 288. The zero-order valence-corrected chi connectivity index (χ0v) is 10.9. The third-order valence-corrected chi connectivity index (χ3v) is 3.27. The molecule has 1 unspecified atom stereocenters. The normalized spacial score (nSPS) is 13.9. The maximum absolute atomic E-state index is 10.1. The summed E-state index contributed by atoms with van der Waals surface area (Å²) < 4.78 is 55.3. The summed E-state index contributed by atoms with van der Waals surface area (Å²) in [6.07, 6.45) is 1.13. The topological polar surface area (TPSA) is 110 Å². The van der Waals surface area contributed by atoms with Crippen LogP contribution in [0.1, 0.15) is 12.8 Å². The Kier molecular flexibility index (Phi) is 9.50. The average Bonchev–Trinajstić information content (AvgIpc) is 2.13. The third-order valence-electron chi connectivity index (χ3n) is 1.28. The summed E-state index contributed by atoms with van der Waals surface area (Å²) in [6, 6.07) is 0. The Hall–Kier alpha value is 0.290. The maximum atomic E-state index is 10.1. The van der Waals surface area contributed by atoms with Crippen LogP contribution in [0.3, 0.4) is 0 Å². The highest BCUT2D eigenvalue weighted by atomic mass is 32.3. The fourth-order valence-electron chi connectivity index (χ4n) is 0.718. The minimum atomic E-state index is -4.33. The van der Waals surface area contributed by atoms with Crippen molar-refractivity contribution in [3.8, 4) is 0 Å². The van der Waals surface area contributed by atoms with Gasteiger partial charge in [-0.15, -0.1) is 0 Å². The summed E-state index contributed by atoms with van der Waals surface area (Å²) in [4.78, 5) is 0. The molecule has 0 aromatic rings. The highest BCUT2D eigenvalue weighted by Gasteiger charge is 2.02. The van der Waals surface area contributed by atoms with Crippen LogP contribution < -0.4 is 0 Å². The molecule has 0 aromatic carbocycles. The molecule has 0 aliphatic rings. The molecule has 0 saturated heterocycles. The quantitative estimate of drug-likeness (QED) is 0.340. The van der Waals surface area contributed by atoms with Gasteiger partial charge >= 0.3 is 21.8 Å². The van der Waals surface area contributed by atoms with E-state index in [1.54, 1.807) is 0 Å². The highest BCUT2D eigenvalue weighted by Crippen LogP contribution is 2.05. The van der Waals surface area contributed by atoms with Crippen LogP contribution in [-0.4, -0.2) is 46.5 Å². The van der Waals surface area contributed by atoms with E-state index in [-0.39, 0.29) is 13.2 Å². The summed E-state index contributed by atoms with van der Waals surface area (Å²) >= 11 is -0.671. The molecule has 0 aliphatic carbocycles. The lowest BCUT2D eigenvalue weighted by atomic mass is 10.5. The monoisotopic (exact) mass is 294 g/mol. The molecule has 98 valence electrons. The first kappa shape index (κ1) is 16.3. The molecule has 0 radical (unpaired) electrons. The van der Waals surface area contributed by atoms with Gasteiger partial charge in [0.05, 0.1) is 13.2 Å². The van der Waals surface area contributed by atoms with Crippen molar-refractivity contribution in [1.82, 2.24) is 0 Å². The molecule has 0 aromatic heterocycles. The Morgan fingerprint density at radius 3 is 2.25 bits per heavy atom. The number of thioether (sulfide) groups is 1. The van der Waals surface area contributed by atoms with Crippen LogP contribution in [0.4, 0.5) is 0 Å². The van der Waals surface area contributed by atoms with Crippen LogP contribution in [0.15, 0.2) is 0 Å². The van der Waals surface area contributed by atoms with Gasteiger partial charge in [0.2, 0.25) is 0 Å². The fraction of sp³-hybridized carbons (Fsp3) is 1.00. The second-order valence-corrected chi connectivity index (χ2v) is 5.59. The number of hydrogen-bond donors (Lipinski definition) is 2. The van der Waals surface area contributed by atoms with Crippen LogP contribution in [0.5, 0.6) is 0 Å². The Morgan fingerprint density at radius 1 is 1.19 bits per heavy atom. The zero-order valence-electron chi connectivity index (χ0n) is 8.40. The summed E-state index contributed by atoms with van der Waals surface area (Å²) in [7, 11) is -4.33. The summed E-state index contributed by atoms with van der Waals surface area (Å²) in [6.45, 7) is 0.153. The highest BCUT2D eigenvalue weighted by molar-refractivity contribution is 7.99. The molecule has 10 heteroatoms. The molecule has 0 saturated carbocycles. The summed E-state index contributed by atoms with van der Waals surface area (Å²) in [5, 5.41) is 0. The molecule has 0 aliphatic heterocycles. The second kappa shape index (κ2) is 9.33. The van der Waals surface area contributed by atoms with E-state index in [1.165, 1.54) is 11.8 Å². The lowest BCUT2D eigenvalue weighted by Gasteiger charge is -2.01. The predicted molar refractivity (Wildman–Crippen MR) is 60.8 cm³/mol. The van der Waals surface area contributed by atoms with E-state index >= 15 is 0 Å². The minimum absolute atomic E-state index is 0.0526. The summed E-state index contributed by atoms with van der Waals surface area (Å²) in [5.74, 6) is 1.42. The number of hydrogen-bond acceptors (Lipinski definition) is 6. The van der Waals surface area contributed by atoms with E-state index < -0.39 is 21.8 Å². The second-order valence-electron chi connectivity index (χ2n) is 2.61. The molecule has 7 nitrogen and oxygen atoms in total. The first-order chi connectivity index (χ1) is 7.42. The van der Waals surface area contributed by atoms with Crippen molar-refractivity contribution >= 4 is 33.5 Å². The molecule has 0 amide bonds. The Balaban J connectivity index is 3.13. The SMILES string of the molecule is O=S(O)OCCCSCCCOS(=O)(=O)O. The minimum Gasteiger partial charge on any atom is -0.284 e. The van der Waals surface area contributed by atoms with Gasteiger partial charge < -0.3 is 0 Å². The fourth-order valence-corrected chi connectivity index (χ4v) is 2.16. The van der Waals surface area contributed by atoms with E-state index in [4.69, 9.17) is 9.11 Å². The van der Waals surface area contributed by atoms with Gasteiger partial charge in [-0.3, -0.25) is 13.3 Å². The number of rotatable bonds is 10. The van der Waals surface area contributed by atoms with Crippen molar-refractivity contribution in [3.63, 3.8) is 0 Å². The molecule has 16 heavy (non-hydrogen) atoms. The van der Waals surface area contributed by atoms with Crippen molar-refractivity contribution in [2.24, 2.45) is 0 Å². The average molecular weight is 294 g/mol. The van der Waals surface area contributed by atoms with Crippen molar-refractivity contribution in [1.29, 1.82) is 0 Å². The van der Waals surface area contributed by atoms with Gasteiger partial charge in [0.1, 0.15) is 0 Å².